The first kappa shape index (κ1) is 22.5. The summed E-state index contributed by atoms with van der Waals surface area (Å²) in [6.45, 7) is 1.54. The van der Waals surface area contributed by atoms with Crippen LogP contribution in [0.1, 0.15) is 13.3 Å². The van der Waals surface area contributed by atoms with Crippen LogP contribution in [0.25, 0.3) is 0 Å². The van der Waals surface area contributed by atoms with E-state index in [1.54, 1.807) is 25.1 Å². The minimum atomic E-state index is -3.75. The molecule has 0 radical (unpaired) electrons. The van der Waals surface area contributed by atoms with E-state index in [1.165, 1.54) is 37.1 Å². The Balaban J connectivity index is 1.72. The Labute approximate surface area is 184 Å². The third-order valence-electron chi connectivity index (χ3n) is 4.51. The summed E-state index contributed by atoms with van der Waals surface area (Å²) in [5.41, 5.74) is 0.924. The van der Waals surface area contributed by atoms with E-state index in [4.69, 9.17) is 16.3 Å². The number of fused-ring (bicyclic) bond motifs is 1. The molecule has 0 aromatic heterocycles. The van der Waals surface area contributed by atoms with Gasteiger partial charge in [0.2, 0.25) is 11.8 Å². The standard InChI is InChI=1S/C20H21ClN2O5S2/c1-12(20(25)22-13-3-5-17(28-2)15(21)9-13)11-30(26,27)14-4-6-18-16(10-14)23-19(24)7-8-29-18/h3-6,9-10,12H,7-8,11H2,1-2H3,(H,22,25)(H,23,24). The summed E-state index contributed by atoms with van der Waals surface area (Å²) in [6, 6.07) is 9.41. The first-order chi connectivity index (χ1) is 14.2. The Kier molecular flexibility index (Phi) is 6.95. The molecule has 3 rings (SSSR count). The first-order valence-electron chi connectivity index (χ1n) is 9.13. The Morgan fingerprint density at radius 3 is 2.77 bits per heavy atom. The van der Waals surface area contributed by atoms with Gasteiger partial charge in [-0.25, -0.2) is 8.42 Å². The number of methoxy groups -OCH3 is 1. The number of nitrogens with one attached hydrogen (secondary N) is 2. The number of halogens is 1. The first-order valence-corrected chi connectivity index (χ1v) is 12.1. The van der Waals surface area contributed by atoms with Crippen molar-refractivity contribution in [2.45, 2.75) is 23.1 Å². The van der Waals surface area contributed by atoms with E-state index in [0.29, 0.717) is 34.3 Å². The van der Waals surface area contributed by atoms with Crippen LogP contribution in [0.15, 0.2) is 46.2 Å². The van der Waals surface area contributed by atoms with Crippen LogP contribution >= 0.6 is 23.4 Å². The smallest absolute Gasteiger partial charge is 0.228 e. The fourth-order valence-electron chi connectivity index (χ4n) is 2.90. The number of sulfone groups is 1. The quantitative estimate of drug-likeness (QED) is 0.668. The van der Waals surface area contributed by atoms with Crippen molar-refractivity contribution in [1.29, 1.82) is 0 Å². The summed E-state index contributed by atoms with van der Waals surface area (Å²) in [6.07, 6.45) is 0.369. The molecule has 1 aliphatic heterocycles. The summed E-state index contributed by atoms with van der Waals surface area (Å²) in [4.78, 5) is 25.2. The van der Waals surface area contributed by atoms with Crippen LogP contribution in [0, 0.1) is 5.92 Å². The van der Waals surface area contributed by atoms with Gasteiger partial charge in [0.25, 0.3) is 0 Å². The molecule has 2 aromatic rings. The highest BCUT2D eigenvalue weighted by Crippen LogP contribution is 2.33. The second-order valence-corrected chi connectivity index (χ2v) is 10.4. The number of amides is 2. The maximum absolute atomic E-state index is 12.9. The van der Waals surface area contributed by atoms with Crippen molar-refractivity contribution in [2.75, 3.05) is 29.2 Å². The van der Waals surface area contributed by atoms with Crippen LogP contribution in [0.3, 0.4) is 0 Å². The van der Waals surface area contributed by atoms with Gasteiger partial charge >= 0.3 is 0 Å². The summed E-state index contributed by atoms with van der Waals surface area (Å²) in [7, 11) is -2.26. The molecule has 7 nitrogen and oxygen atoms in total. The molecule has 2 aromatic carbocycles. The molecule has 0 fully saturated rings. The van der Waals surface area contributed by atoms with Crippen molar-refractivity contribution in [1.82, 2.24) is 0 Å². The molecular weight excluding hydrogens is 448 g/mol. The van der Waals surface area contributed by atoms with Gasteiger partial charge < -0.3 is 15.4 Å². The highest BCUT2D eigenvalue weighted by molar-refractivity contribution is 7.99. The molecule has 1 aliphatic rings. The number of carbonyl (C=O) groups excluding carboxylic acids is 2. The average Bonchev–Trinajstić information content (AvgIpc) is 2.87. The van der Waals surface area contributed by atoms with Crippen LogP contribution in [-0.4, -0.2) is 38.8 Å². The minimum absolute atomic E-state index is 0.0659. The number of thioether (sulfide) groups is 1. The highest BCUT2D eigenvalue weighted by atomic mass is 35.5. The average molecular weight is 469 g/mol. The molecule has 30 heavy (non-hydrogen) atoms. The number of anilines is 2. The molecule has 2 amide bonds. The maximum atomic E-state index is 12.9. The molecular formula is C20H21ClN2O5S2. The van der Waals surface area contributed by atoms with Crippen LogP contribution in [0.4, 0.5) is 11.4 Å². The second kappa shape index (κ2) is 9.28. The number of benzene rings is 2. The Morgan fingerprint density at radius 1 is 1.30 bits per heavy atom. The zero-order valence-corrected chi connectivity index (χ0v) is 18.8. The van der Waals surface area contributed by atoms with Crippen LogP contribution in [0.2, 0.25) is 5.02 Å². The third kappa shape index (κ3) is 5.27. The van der Waals surface area contributed by atoms with Crippen molar-refractivity contribution in [2.24, 2.45) is 5.92 Å². The summed E-state index contributed by atoms with van der Waals surface area (Å²) < 4.78 is 30.8. The van der Waals surface area contributed by atoms with E-state index in [2.05, 4.69) is 10.6 Å². The van der Waals surface area contributed by atoms with Crippen molar-refractivity contribution < 1.29 is 22.7 Å². The number of hydrogen-bond acceptors (Lipinski definition) is 6. The zero-order chi connectivity index (χ0) is 21.9. The number of rotatable bonds is 6. The fourth-order valence-corrected chi connectivity index (χ4v) is 5.67. The predicted molar refractivity (Wildman–Crippen MR) is 118 cm³/mol. The molecule has 0 spiro atoms. The lowest BCUT2D eigenvalue weighted by Gasteiger charge is -2.15. The lowest BCUT2D eigenvalue weighted by atomic mass is 10.2. The van der Waals surface area contributed by atoms with E-state index < -0.39 is 21.7 Å². The summed E-state index contributed by atoms with van der Waals surface area (Å²) in [5.74, 6) is -0.669. The molecule has 1 atom stereocenters. The lowest BCUT2D eigenvalue weighted by molar-refractivity contribution is -0.119. The van der Waals surface area contributed by atoms with Crippen LogP contribution < -0.4 is 15.4 Å². The third-order valence-corrected chi connectivity index (χ3v) is 7.79. The topological polar surface area (TPSA) is 102 Å². The number of hydrogen-bond donors (Lipinski definition) is 2. The Hall–Kier alpha value is -2.23. The Bertz CT molecular complexity index is 1090. The van der Waals surface area contributed by atoms with E-state index in [0.717, 1.165) is 4.90 Å². The summed E-state index contributed by atoms with van der Waals surface area (Å²) >= 11 is 7.55. The van der Waals surface area contributed by atoms with Gasteiger partial charge in [-0.1, -0.05) is 18.5 Å². The molecule has 2 N–H and O–H groups in total. The molecule has 10 heteroatoms. The molecule has 0 bridgehead atoms. The summed E-state index contributed by atoms with van der Waals surface area (Å²) in [5, 5.41) is 5.73. The van der Waals surface area contributed by atoms with Crippen molar-refractivity contribution in [3.63, 3.8) is 0 Å². The maximum Gasteiger partial charge on any atom is 0.228 e. The van der Waals surface area contributed by atoms with Gasteiger partial charge in [0.15, 0.2) is 9.84 Å². The van der Waals surface area contributed by atoms with Gasteiger partial charge in [0.05, 0.1) is 28.5 Å². The van der Waals surface area contributed by atoms with E-state index in [-0.39, 0.29) is 16.6 Å². The van der Waals surface area contributed by atoms with Gasteiger partial charge in [-0.05, 0) is 36.4 Å². The van der Waals surface area contributed by atoms with Gasteiger partial charge in [-0.3, -0.25) is 9.59 Å². The second-order valence-electron chi connectivity index (χ2n) is 6.83. The van der Waals surface area contributed by atoms with Gasteiger partial charge in [0.1, 0.15) is 5.75 Å². The SMILES string of the molecule is COc1ccc(NC(=O)C(C)CS(=O)(=O)c2ccc3c(c2)NC(=O)CCS3)cc1Cl. The highest BCUT2D eigenvalue weighted by Gasteiger charge is 2.25. The van der Waals surface area contributed by atoms with E-state index in [1.807, 2.05) is 0 Å². The molecule has 0 saturated carbocycles. The van der Waals surface area contributed by atoms with Crippen molar-refractivity contribution in [3.05, 3.63) is 41.4 Å². The fraction of sp³-hybridized carbons (Fsp3) is 0.300. The monoisotopic (exact) mass is 468 g/mol. The normalized spacial score (nSPS) is 14.8. The predicted octanol–water partition coefficient (Wildman–Crippen LogP) is 3.83. The molecule has 0 saturated heterocycles. The molecule has 160 valence electrons. The number of carbonyl (C=O) groups is 2. The van der Waals surface area contributed by atoms with Crippen LogP contribution in [0.5, 0.6) is 5.75 Å². The zero-order valence-electron chi connectivity index (χ0n) is 16.4. The molecule has 1 unspecified atom stereocenters. The van der Waals surface area contributed by atoms with Gasteiger partial charge in [-0.15, -0.1) is 11.8 Å². The van der Waals surface area contributed by atoms with Crippen LogP contribution in [-0.2, 0) is 19.4 Å². The number of ether oxygens (including phenoxy) is 1. The molecule has 1 heterocycles. The van der Waals surface area contributed by atoms with Gasteiger partial charge in [0, 0.05) is 28.7 Å². The van der Waals surface area contributed by atoms with Crippen molar-refractivity contribution >= 4 is 56.4 Å². The van der Waals surface area contributed by atoms with Gasteiger partial charge in [-0.2, -0.15) is 0 Å². The lowest BCUT2D eigenvalue weighted by Crippen LogP contribution is -2.27. The van der Waals surface area contributed by atoms with E-state index in [9.17, 15) is 18.0 Å². The van der Waals surface area contributed by atoms with E-state index >= 15 is 0 Å². The molecule has 0 aliphatic carbocycles. The van der Waals surface area contributed by atoms with Crippen molar-refractivity contribution in [3.8, 4) is 5.75 Å². The largest absolute Gasteiger partial charge is 0.495 e. The minimum Gasteiger partial charge on any atom is -0.495 e. The Morgan fingerprint density at radius 2 is 2.07 bits per heavy atom.